The topological polar surface area (TPSA) is 3.24 Å². The highest BCUT2D eigenvalue weighted by atomic mass is 15.1. The molecule has 0 heterocycles. The van der Waals surface area contributed by atoms with E-state index in [4.69, 9.17) is 0 Å². The van der Waals surface area contributed by atoms with Crippen molar-refractivity contribution in [1.29, 1.82) is 0 Å². The third-order valence-electron chi connectivity index (χ3n) is 4.92. The van der Waals surface area contributed by atoms with Crippen LogP contribution in [0.4, 0.5) is 5.69 Å². The zero-order valence-corrected chi connectivity index (χ0v) is 15.8. The minimum absolute atomic E-state index is 0.980. The van der Waals surface area contributed by atoms with E-state index in [1.54, 1.807) is 0 Å². The maximum absolute atomic E-state index is 2.31. The molecule has 3 aromatic carbocycles. The first-order valence-corrected chi connectivity index (χ1v) is 9.45. The van der Waals surface area contributed by atoms with E-state index < -0.39 is 0 Å². The van der Waals surface area contributed by atoms with Crippen molar-refractivity contribution in [3.05, 3.63) is 77.4 Å². The second-order valence-corrected chi connectivity index (χ2v) is 7.14. The summed E-state index contributed by atoms with van der Waals surface area (Å²) >= 11 is 0. The van der Waals surface area contributed by atoms with Gasteiger partial charge in [0, 0.05) is 25.2 Å². The summed E-state index contributed by atoms with van der Waals surface area (Å²) in [7, 11) is 4.28. The van der Waals surface area contributed by atoms with Gasteiger partial charge in [0.25, 0.3) is 0 Å². The van der Waals surface area contributed by atoms with Gasteiger partial charge in [-0.05, 0) is 41.3 Å². The Morgan fingerprint density at radius 2 is 1.48 bits per heavy atom. The van der Waals surface area contributed by atoms with Crippen LogP contribution in [0, 0.1) is 0 Å². The summed E-state index contributed by atoms with van der Waals surface area (Å²) < 4.78 is 0. The molecule has 0 atom stereocenters. The Bertz CT molecular complexity index is 815. The molecule has 25 heavy (non-hydrogen) atoms. The summed E-state index contributed by atoms with van der Waals surface area (Å²) in [5.41, 5.74) is 5.58. The molecule has 0 N–H and O–H groups in total. The number of hydrogen-bond donors (Lipinski definition) is 0. The molecule has 3 aromatic rings. The number of rotatable bonds is 7. The first kappa shape index (κ1) is 17.5. The Hall–Kier alpha value is -2.28. The molecule has 0 amide bonds. The van der Waals surface area contributed by atoms with E-state index in [0.717, 1.165) is 6.42 Å². The molecular formula is C24H29N. The van der Waals surface area contributed by atoms with Gasteiger partial charge in [0.1, 0.15) is 0 Å². The van der Waals surface area contributed by atoms with Gasteiger partial charge < -0.3 is 4.90 Å². The van der Waals surface area contributed by atoms with Crippen LogP contribution >= 0.6 is 0 Å². The Morgan fingerprint density at radius 1 is 0.760 bits per heavy atom. The zero-order valence-electron chi connectivity index (χ0n) is 15.8. The van der Waals surface area contributed by atoms with Gasteiger partial charge in [-0.1, -0.05) is 80.4 Å². The summed E-state index contributed by atoms with van der Waals surface area (Å²) in [5, 5.41) is 2.64. The molecule has 0 bridgehead atoms. The van der Waals surface area contributed by atoms with Crippen LogP contribution < -0.4 is 4.90 Å². The number of unbranched alkanes of at least 4 members (excludes halogenated alkanes) is 2. The van der Waals surface area contributed by atoms with Gasteiger partial charge in [0.2, 0.25) is 0 Å². The van der Waals surface area contributed by atoms with Crippen LogP contribution in [-0.2, 0) is 12.8 Å². The Labute approximate surface area is 152 Å². The van der Waals surface area contributed by atoms with E-state index in [-0.39, 0.29) is 0 Å². The lowest BCUT2D eigenvalue weighted by Gasteiger charge is -2.20. The highest BCUT2D eigenvalue weighted by Crippen LogP contribution is 2.31. The van der Waals surface area contributed by atoms with E-state index in [0.29, 0.717) is 0 Å². The third-order valence-corrected chi connectivity index (χ3v) is 4.92. The molecule has 1 heteroatoms. The standard InChI is InChI=1S/C24H29N/c1-4-5-6-9-19-12-14-20(15-13-19)18-22-17-16-21-10-7-8-11-23(21)24(22)25(2)3/h7-8,10-17H,4-6,9,18H2,1-3H3. The molecule has 0 radical (unpaired) electrons. The molecule has 0 aromatic heterocycles. The summed E-state index contributed by atoms with van der Waals surface area (Å²) in [6.07, 6.45) is 6.09. The number of benzene rings is 3. The first-order valence-electron chi connectivity index (χ1n) is 9.45. The molecule has 0 unspecified atom stereocenters. The first-order chi connectivity index (χ1) is 12.2. The van der Waals surface area contributed by atoms with Crippen molar-refractivity contribution in [1.82, 2.24) is 0 Å². The highest BCUT2D eigenvalue weighted by molar-refractivity contribution is 5.96. The van der Waals surface area contributed by atoms with E-state index in [1.165, 1.54) is 58.8 Å². The van der Waals surface area contributed by atoms with Crippen molar-refractivity contribution < 1.29 is 0 Å². The number of aryl methyl sites for hydroxylation is 1. The maximum atomic E-state index is 2.31. The van der Waals surface area contributed by atoms with Crippen molar-refractivity contribution in [3.63, 3.8) is 0 Å². The van der Waals surface area contributed by atoms with Gasteiger partial charge in [0.05, 0.1) is 0 Å². The van der Waals surface area contributed by atoms with Gasteiger partial charge in [0.15, 0.2) is 0 Å². The Kier molecular flexibility index (Phi) is 5.75. The lowest BCUT2D eigenvalue weighted by Crippen LogP contribution is -2.12. The smallest absolute Gasteiger partial charge is 0.0476 e. The largest absolute Gasteiger partial charge is 0.377 e. The van der Waals surface area contributed by atoms with E-state index in [1.807, 2.05) is 0 Å². The van der Waals surface area contributed by atoms with E-state index >= 15 is 0 Å². The summed E-state index contributed by atoms with van der Waals surface area (Å²) in [5.74, 6) is 0. The van der Waals surface area contributed by atoms with Crippen molar-refractivity contribution in [2.45, 2.75) is 39.0 Å². The van der Waals surface area contributed by atoms with Crippen LogP contribution in [-0.4, -0.2) is 14.1 Å². The fourth-order valence-corrected chi connectivity index (χ4v) is 3.59. The Balaban J connectivity index is 1.84. The van der Waals surface area contributed by atoms with Gasteiger partial charge in [-0.3, -0.25) is 0 Å². The van der Waals surface area contributed by atoms with Crippen molar-refractivity contribution in [2.75, 3.05) is 19.0 Å². The second-order valence-electron chi connectivity index (χ2n) is 7.14. The SMILES string of the molecule is CCCCCc1ccc(Cc2ccc3ccccc3c2N(C)C)cc1. The molecule has 0 aliphatic rings. The molecule has 0 saturated heterocycles. The van der Waals surface area contributed by atoms with Crippen LogP contribution in [0.5, 0.6) is 0 Å². The van der Waals surface area contributed by atoms with Crippen molar-refractivity contribution in [3.8, 4) is 0 Å². The van der Waals surface area contributed by atoms with E-state index in [2.05, 4.69) is 86.6 Å². The highest BCUT2D eigenvalue weighted by Gasteiger charge is 2.10. The van der Waals surface area contributed by atoms with Crippen LogP contribution in [0.2, 0.25) is 0 Å². The summed E-state index contributed by atoms with van der Waals surface area (Å²) in [6.45, 7) is 2.26. The van der Waals surface area contributed by atoms with Crippen molar-refractivity contribution >= 4 is 16.5 Å². The fourth-order valence-electron chi connectivity index (χ4n) is 3.59. The van der Waals surface area contributed by atoms with Crippen LogP contribution in [0.15, 0.2) is 60.7 Å². The molecule has 1 nitrogen and oxygen atoms in total. The Morgan fingerprint density at radius 3 is 2.20 bits per heavy atom. The monoisotopic (exact) mass is 331 g/mol. The van der Waals surface area contributed by atoms with Crippen LogP contribution in [0.3, 0.4) is 0 Å². The van der Waals surface area contributed by atoms with Gasteiger partial charge in [-0.15, -0.1) is 0 Å². The quantitative estimate of drug-likeness (QED) is 0.464. The second kappa shape index (κ2) is 8.20. The molecule has 0 aliphatic heterocycles. The molecule has 130 valence electrons. The van der Waals surface area contributed by atoms with Crippen molar-refractivity contribution in [2.24, 2.45) is 0 Å². The average molecular weight is 332 g/mol. The lowest BCUT2D eigenvalue weighted by molar-refractivity contribution is 0.717. The zero-order chi connectivity index (χ0) is 17.6. The van der Waals surface area contributed by atoms with Gasteiger partial charge in [-0.25, -0.2) is 0 Å². The van der Waals surface area contributed by atoms with E-state index in [9.17, 15) is 0 Å². The number of hydrogen-bond acceptors (Lipinski definition) is 1. The number of nitrogens with zero attached hydrogens (tertiary/aromatic N) is 1. The molecular weight excluding hydrogens is 302 g/mol. The van der Waals surface area contributed by atoms with Gasteiger partial charge in [-0.2, -0.15) is 0 Å². The normalized spacial score (nSPS) is 11.0. The molecule has 0 spiro atoms. The van der Waals surface area contributed by atoms with Crippen LogP contribution in [0.25, 0.3) is 10.8 Å². The molecule has 0 fully saturated rings. The van der Waals surface area contributed by atoms with Crippen LogP contribution in [0.1, 0.15) is 42.9 Å². The minimum atomic E-state index is 0.980. The number of anilines is 1. The average Bonchev–Trinajstić information content (AvgIpc) is 2.63. The predicted molar refractivity (Wildman–Crippen MR) is 111 cm³/mol. The molecule has 3 rings (SSSR count). The molecule has 0 aliphatic carbocycles. The summed E-state index contributed by atoms with van der Waals surface area (Å²) in [4.78, 5) is 2.25. The predicted octanol–water partition coefficient (Wildman–Crippen LogP) is 6.23. The third kappa shape index (κ3) is 4.22. The summed E-state index contributed by atoms with van der Waals surface area (Å²) in [6, 6.07) is 22.4. The van der Waals surface area contributed by atoms with Gasteiger partial charge >= 0.3 is 0 Å². The lowest BCUT2D eigenvalue weighted by atomic mass is 9.97. The minimum Gasteiger partial charge on any atom is -0.377 e. The number of fused-ring (bicyclic) bond motifs is 1. The molecule has 0 saturated carbocycles. The fraction of sp³-hybridized carbons (Fsp3) is 0.333. The maximum Gasteiger partial charge on any atom is 0.0476 e.